The maximum Gasteiger partial charge on any atom is 0.220 e. The molecule has 3 rings (SSSR count). The highest BCUT2D eigenvalue weighted by Gasteiger charge is 2.29. The van der Waals surface area contributed by atoms with Gasteiger partial charge >= 0.3 is 0 Å². The van der Waals surface area contributed by atoms with E-state index >= 15 is 0 Å². The highest BCUT2D eigenvalue weighted by Crippen LogP contribution is 2.50. The van der Waals surface area contributed by atoms with Crippen molar-refractivity contribution in [2.75, 3.05) is 28.4 Å². The summed E-state index contributed by atoms with van der Waals surface area (Å²) in [7, 11) is 2.26. The number of carbonyl (C=O) groups is 1. The molecule has 0 saturated heterocycles. The summed E-state index contributed by atoms with van der Waals surface area (Å²) in [5.74, 6) is 0.954. The lowest BCUT2D eigenvalue weighted by atomic mass is 9.95. The maximum absolute atomic E-state index is 12.7. The van der Waals surface area contributed by atoms with Crippen molar-refractivity contribution in [1.29, 1.82) is 0 Å². The van der Waals surface area contributed by atoms with Gasteiger partial charge in [0.1, 0.15) is 0 Å². The molecule has 29 heavy (non-hydrogen) atoms. The summed E-state index contributed by atoms with van der Waals surface area (Å²) in [4.78, 5) is 24.6. The molecule has 0 spiro atoms. The molecule has 0 saturated carbocycles. The lowest BCUT2D eigenvalue weighted by Gasteiger charge is -2.19. The van der Waals surface area contributed by atoms with Crippen molar-refractivity contribution in [3.05, 3.63) is 45.6 Å². The van der Waals surface area contributed by atoms with Crippen LogP contribution in [0.25, 0.3) is 11.1 Å². The number of benzene rings is 1. The Hall–Kier alpha value is -3.22. The van der Waals surface area contributed by atoms with E-state index < -0.39 is 18.6 Å². The first-order valence-corrected chi connectivity index (χ1v) is 9.02. The molecule has 1 N–H and O–H groups in total. The van der Waals surface area contributed by atoms with E-state index in [9.17, 15) is 9.59 Å². The zero-order valence-corrected chi connectivity index (χ0v) is 16.7. The molecule has 1 atom stereocenters. The van der Waals surface area contributed by atoms with E-state index in [1.54, 1.807) is 6.07 Å². The molecule has 0 fully saturated rings. The highest BCUT2D eigenvalue weighted by atomic mass is 16.5. The Morgan fingerprint density at radius 1 is 1.10 bits per heavy atom. The van der Waals surface area contributed by atoms with Gasteiger partial charge in [-0.1, -0.05) is 6.07 Å². The second-order valence-corrected chi connectivity index (χ2v) is 6.63. The standard InChI is InChI=1S/C22H25NO6/c1-12(24)23-16-8-6-13-10-19(27-3)21(28-4)22(29-5)20(13)14-7-9-18(26-2)17(25)11-15(14)16/h7,9-11,16H,6,8H2,1-5H3,(H,23,24)/i2T,5T,8+2. The Balaban J connectivity index is 2.40. The molecule has 0 aromatic heterocycles. The molecule has 2 aromatic rings. The van der Waals surface area contributed by atoms with E-state index in [-0.39, 0.29) is 18.7 Å². The van der Waals surface area contributed by atoms with E-state index in [1.807, 2.05) is 6.07 Å². The number of methoxy groups -OCH3 is 4. The number of nitrogens with one attached hydrogen (secondary N) is 1. The highest BCUT2D eigenvalue weighted by molar-refractivity contribution is 5.83. The van der Waals surface area contributed by atoms with Crippen LogP contribution in [0.5, 0.6) is 23.0 Å². The minimum absolute atomic E-state index is 0.0367. The molecule has 0 aliphatic heterocycles. The van der Waals surface area contributed by atoms with Gasteiger partial charge in [-0.15, -0.1) is 0 Å². The average molecular weight is 405 g/mol. The van der Waals surface area contributed by atoms with Crippen LogP contribution in [0.2, 0.25) is 0 Å². The summed E-state index contributed by atoms with van der Waals surface area (Å²) in [5.41, 5.74) is 2.39. The van der Waals surface area contributed by atoms with Gasteiger partial charge in [0, 0.05) is 12.5 Å². The van der Waals surface area contributed by atoms with Crippen molar-refractivity contribution in [3.8, 4) is 34.1 Å². The van der Waals surface area contributed by atoms with Crippen LogP contribution in [0.1, 0.15) is 33.3 Å². The van der Waals surface area contributed by atoms with Crippen LogP contribution in [0.3, 0.4) is 0 Å². The first kappa shape index (κ1) is 17.8. The number of amides is 1. The number of fused-ring (bicyclic) bond motifs is 3. The van der Waals surface area contributed by atoms with Gasteiger partial charge in [-0.05, 0) is 47.7 Å². The van der Waals surface area contributed by atoms with Gasteiger partial charge in [-0.3, -0.25) is 9.59 Å². The van der Waals surface area contributed by atoms with Crippen LogP contribution in [0, 0.1) is 0 Å². The van der Waals surface area contributed by atoms with Crippen molar-refractivity contribution in [1.82, 2.24) is 5.32 Å². The fourth-order valence-electron chi connectivity index (χ4n) is 3.76. The monoisotopic (exact) mass is 405 g/mol. The third-order valence-corrected chi connectivity index (χ3v) is 4.97. The summed E-state index contributed by atoms with van der Waals surface area (Å²) >= 11 is 0. The van der Waals surface area contributed by atoms with Gasteiger partial charge in [0.15, 0.2) is 17.2 Å². The quantitative estimate of drug-likeness (QED) is 0.824. The van der Waals surface area contributed by atoms with Crippen LogP contribution in [0.15, 0.2) is 29.1 Å². The molecule has 1 aliphatic rings. The second-order valence-electron chi connectivity index (χ2n) is 6.63. The lowest BCUT2D eigenvalue weighted by molar-refractivity contribution is -0.119. The van der Waals surface area contributed by atoms with Crippen molar-refractivity contribution in [2.24, 2.45) is 0 Å². The van der Waals surface area contributed by atoms with Gasteiger partial charge < -0.3 is 24.3 Å². The predicted octanol–water partition coefficient (Wildman–Crippen LogP) is 2.87. The summed E-state index contributed by atoms with van der Waals surface area (Å²) < 4.78 is 36.8. The molecule has 0 bridgehead atoms. The number of hydrogen-bond donors (Lipinski definition) is 1. The Morgan fingerprint density at radius 3 is 2.55 bits per heavy atom. The van der Waals surface area contributed by atoms with Gasteiger partial charge in [-0.2, -0.15) is 0 Å². The summed E-state index contributed by atoms with van der Waals surface area (Å²) in [6.07, 6.45) is 1.10. The van der Waals surface area contributed by atoms with Crippen molar-refractivity contribution < 1.29 is 26.5 Å². The fourth-order valence-corrected chi connectivity index (χ4v) is 3.76. The van der Waals surface area contributed by atoms with Crippen molar-refractivity contribution in [3.63, 3.8) is 0 Å². The third-order valence-electron chi connectivity index (χ3n) is 4.97. The van der Waals surface area contributed by atoms with Crippen molar-refractivity contribution >= 4 is 5.91 Å². The minimum Gasteiger partial charge on any atom is -0.493 e. The Kier molecular flexibility index (Phi) is 5.19. The van der Waals surface area contributed by atoms with E-state index in [2.05, 4.69) is 5.32 Å². The molecule has 0 heterocycles. The number of hydrogen-bond acceptors (Lipinski definition) is 6. The van der Waals surface area contributed by atoms with Gasteiger partial charge in [0.2, 0.25) is 17.1 Å². The SMILES string of the molecule is [3H]COc1c(OC)c(OC)cc2c1-c1ccc(OC[3H])c(=O)cc1C(NC(C)=O)[14CH2]C2. The molecule has 7 nitrogen and oxygen atoms in total. The van der Waals surface area contributed by atoms with Crippen LogP contribution in [-0.2, 0) is 11.2 Å². The Labute approximate surface area is 172 Å². The smallest absolute Gasteiger partial charge is 0.220 e. The van der Waals surface area contributed by atoms with E-state index in [4.69, 9.17) is 21.7 Å². The first-order valence-electron chi connectivity index (χ1n) is 10.4. The number of carbonyl (C=O) groups excluding carboxylic acids is 1. The molecular weight excluding hydrogens is 376 g/mol. The van der Waals surface area contributed by atoms with Crippen LogP contribution in [-0.4, -0.2) is 34.3 Å². The molecule has 1 unspecified atom stereocenters. The molecule has 2 aromatic carbocycles. The third kappa shape index (κ3) is 3.72. The Bertz CT molecular complexity index is 1040. The van der Waals surface area contributed by atoms with Crippen LogP contribution >= 0.6 is 0 Å². The van der Waals surface area contributed by atoms with Crippen LogP contribution < -0.4 is 29.7 Å². The number of rotatable bonds is 5. The van der Waals surface area contributed by atoms with Gasteiger partial charge in [0.05, 0.1) is 37.2 Å². The van der Waals surface area contributed by atoms with Crippen molar-refractivity contribution in [2.45, 2.75) is 25.8 Å². The molecule has 7 heteroatoms. The molecule has 154 valence electrons. The predicted molar refractivity (Wildman–Crippen MR) is 109 cm³/mol. The number of ether oxygens (including phenoxy) is 4. The largest absolute Gasteiger partial charge is 0.493 e. The first-order chi connectivity index (χ1) is 14.9. The summed E-state index contributed by atoms with van der Waals surface area (Å²) in [5, 5.41) is 2.92. The fraction of sp³-hybridized carbons (Fsp3) is 0.364. The average Bonchev–Trinajstić information content (AvgIpc) is 2.98. The van der Waals surface area contributed by atoms with E-state index in [0.29, 0.717) is 46.8 Å². The maximum atomic E-state index is 12.7. The van der Waals surface area contributed by atoms with Gasteiger partial charge in [-0.25, -0.2) is 0 Å². The normalized spacial score (nSPS) is 15.6. The Morgan fingerprint density at radius 2 is 1.90 bits per heavy atom. The second kappa shape index (κ2) is 8.43. The summed E-state index contributed by atoms with van der Waals surface area (Å²) in [6.45, 7) is 1.42. The summed E-state index contributed by atoms with van der Waals surface area (Å²) in [6, 6.07) is 6.07. The van der Waals surface area contributed by atoms with Gasteiger partial charge in [0.25, 0.3) is 0 Å². The molecule has 0 radical (unpaired) electrons. The molecular formula is C22H25NO6. The van der Waals surface area contributed by atoms with E-state index in [1.165, 1.54) is 33.3 Å². The zero-order chi connectivity index (χ0) is 22.5. The topological polar surface area (TPSA) is 83.1 Å². The zero-order valence-electron chi connectivity index (χ0n) is 18.7. The lowest BCUT2D eigenvalue weighted by Crippen LogP contribution is -2.26. The molecule has 1 aliphatic carbocycles. The minimum atomic E-state index is -0.426. The number of aryl methyl sites for hydroxylation is 1. The van der Waals surface area contributed by atoms with Crippen LogP contribution in [0.4, 0.5) is 0 Å². The van der Waals surface area contributed by atoms with E-state index in [0.717, 1.165) is 5.56 Å². The molecule has 1 amide bonds.